The normalized spacial score (nSPS) is 10.6. The van der Waals surface area contributed by atoms with Crippen LogP contribution in [0.2, 0.25) is 0 Å². The lowest BCUT2D eigenvalue weighted by atomic mass is 9.98. The number of phenols is 1. The SMILES string of the molecule is CCc1c(C(=O)N(N)C(=O)Cc2cc(F)c(F)c(OC)c2)ccc(O)c1C. The van der Waals surface area contributed by atoms with E-state index in [4.69, 9.17) is 10.6 Å². The Morgan fingerprint density at radius 2 is 1.93 bits per heavy atom. The van der Waals surface area contributed by atoms with Gasteiger partial charge in [-0.05, 0) is 54.3 Å². The molecule has 3 N–H and O–H groups in total. The number of rotatable bonds is 5. The first-order valence-electron chi connectivity index (χ1n) is 8.16. The van der Waals surface area contributed by atoms with Crippen molar-refractivity contribution in [2.24, 2.45) is 5.84 Å². The van der Waals surface area contributed by atoms with E-state index in [0.29, 0.717) is 22.6 Å². The number of hydrogen-bond donors (Lipinski definition) is 2. The first-order valence-corrected chi connectivity index (χ1v) is 8.16. The fourth-order valence-electron chi connectivity index (χ4n) is 2.77. The standard InChI is InChI=1S/C19H20F2N2O4/c1-4-12-10(2)15(24)6-5-13(12)19(26)23(22)17(25)9-11-7-14(20)18(21)16(8-11)27-3/h5-8,24H,4,9,22H2,1-3H3. The number of halogens is 2. The summed E-state index contributed by atoms with van der Waals surface area (Å²) in [6, 6.07) is 4.74. The van der Waals surface area contributed by atoms with Crippen molar-refractivity contribution < 1.29 is 28.2 Å². The molecule has 2 aromatic carbocycles. The van der Waals surface area contributed by atoms with Crippen molar-refractivity contribution in [3.63, 3.8) is 0 Å². The van der Waals surface area contributed by atoms with E-state index < -0.39 is 29.9 Å². The molecule has 0 saturated carbocycles. The van der Waals surface area contributed by atoms with Crippen molar-refractivity contribution in [1.82, 2.24) is 5.01 Å². The lowest BCUT2D eigenvalue weighted by molar-refractivity contribution is -0.128. The van der Waals surface area contributed by atoms with E-state index in [2.05, 4.69) is 0 Å². The summed E-state index contributed by atoms with van der Waals surface area (Å²) in [7, 11) is 1.17. The number of nitrogens with two attached hydrogens (primary N) is 1. The first-order chi connectivity index (χ1) is 12.7. The zero-order valence-electron chi connectivity index (χ0n) is 15.2. The second-order valence-electron chi connectivity index (χ2n) is 5.93. The van der Waals surface area contributed by atoms with Crippen LogP contribution in [0.15, 0.2) is 24.3 Å². The summed E-state index contributed by atoms with van der Waals surface area (Å²) in [5.74, 6) is 1.45. The van der Waals surface area contributed by atoms with E-state index in [9.17, 15) is 23.5 Å². The number of methoxy groups -OCH3 is 1. The van der Waals surface area contributed by atoms with Crippen molar-refractivity contribution >= 4 is 11.8 Å². The number of hydrazine groups is 1. The lowest BCUT2D eigenvalue weighted by Crippen LogP contribution is -2.43. The highest BCUT2D eigenvalue weighted by atomic mass is 19.2. The third kappa shape index (κ3) is 4.06. The molecule has 0 saturated heterocycles. The Kier molecular flexibility index (Phi) is 6.12. The topological polar surface area (TPSA) is 92.9 Å². The van der Waals surface area contributed by atoms with Gasteiger partial charge in [0.1, 0.15) is 5.75 Å². The van der Waals surface area contributed by atoms with Crippen LogP contribution < -0.4 is 10.6 Å². The summed E-state index contributed by atoms with van der Waals surface area (Å²) < 4.78 is 31.8. The number of nitrogens with zero attached hydrogens (tertiary/aromatic N) is 1. The van der Waals surface area contributed by atoms with Crippen molar-refractivity contribution in [2.75, 3.05) is 7.11 Å². The molecule has 0 aliphatic rings. The van der Waals surface area contributed by atoms with Gasteiger partial charge in [-0.1, -0.05) is 6.92 Å². The number of carbonyl (C=O) groups is 2. The number of benzene rings is 2. The molecule has 0 aromatic heterocycles. The monoisotopic (exact) mass is 378 g/mol. The van der Waals surface area contributed by atoms with Gasteiger partial charge < -0.3 is 9.84 Å². The molecular formula is C19H20F2N2O4. The summed E-state index contributed by atoms with van der Waals surface area (Å²) in [6.45, 7) is 3.45. The van der Waals surface area contributed by atoms with Gasteiger partial charge in [0.2, 0.25) is 11.7 Å². The summed E-state index contributed by atoms with van der Waals surface area (Å²) in [4.78, 5) is 25.0. The molecule has 0 fully saturated rings. The summed E-state index contributed by atoms with van der Waals surface area (Å²) in [5, 5.41) is 10.2. The number of imide groups is 1. The highest BCUT2D eigenvalue weighted by Crippen LogP contribution is 2.25. The van der Waals surface area contributed by atoms with Gasteiger partial charge in [-0.3, -0.25) is 9.59 Å². The second kappa shape index (κ2) is 8.13. The second-order valence-corrected chi connectivity index (χ2v) is 5.93. The van der Waals surface area contributed by atoms with E-state index in [0.717, 1.165) is 12.1 Å². The van der Waals surface area contributed by atoms with Crippen LogP contribution in [0.3, 0.4) is 0 Å². The molecule has 6 nitrogen and oxygen atoms in total. The van der Waals surface area contributed by atoms with E-state index in [1.165, 1.54) is 19.2 Å². The zero-order chi connectivity index (χ0) is 20.3. The van der Waals surface area contributed by atoms with Gasteiger partial charge in [-0.25, -0.2) is 15.2 Å². The Labute approximate surface area is 155 Å². The highest BCUT2D eigenvalue weighted by Gasteiger charge is 2.24. The molecule has 0 radical (unpaired) electrons. The molecule has 0 heterocycles. The Morgan fingerprint density at radius 1 is 1.26 bits per heavy atom. The fourth-order valence-corrected chi connectivity index (χ4v) is 2.77. The minimum absolute atomic E-state index is 0.0344. The summed E-state index contributed by atoms with van der Waals surface area (Å²) >= 11 is 0. The van der Waals surface area contributed by atoms with E-state index >= 15 is 0 Å². The average molecular weight is 378 g/mol. The molecule has 0 aliphatic carbocycles. The fraction of sp³-hybridized carbons (Fsp3) is 0.263. The predicted octanol–water partition coefficient (Wildman–Crippen LogP) is 2.64. The summed E-state index contributed by atoms with van der Waals surface area (Å²) in [5.41, 5.74) is 1.38. The first kappa shape index (κ1) is 20.3. The molecule has 2 aromatic rings. The Balaban J connectivity index is 2.27. The molecular weight excluding hydrogens is 358 g/mol. The number of hydrogen-bond acceptors (Lipinski definition) is 5. The van der Waals surface area contributed by atoms with Crippen LogP contribution in [-0.4, -0.2) is 29.0 Å². The molecule has 0 aliphatic heterocycles. The van der Waals surface area contributed by atoms with Gasteiger partial charge in [0, 0.05) is 5.56 Å². The maximum atomic E-state index is 13.6. The van der Waals surface area contributed by atoms with E-state index in [1.54, 1.807) is 13.8 Å². The molecule has 0 atom stereocenters. The molecule has 27 heavy (non-hydrogen) atoms. The minimum atomic E-state index is -1.17. The largest absolute Gasteiger partial charge is 0.508 e. The van der Waals surface area contributed by atoms with Gasteiger partial charge in [0.05, 0.1) is 13.5 Å². The van der Waals surface area contributed by atoms with Crippen LogP contribution in [0.25, 0.3) is 0 Å². The Morgan fingerprint density at radius 3 is 2.52 bits per heavy atom. The highest BCUT2D eigenvalue weighted by molar-refractivity contribution is 6.05. The number of amides is 2. The maximum Gasteiger partial charge on any atom is 0.275 e. The van der Waals surface area contributed by atoms with Gasteiger partial charge in [0.25, 0.3) is 5.91 Å². The molecule has 8 heteroatoms. The van der Waals surface area contributed by atoms with E-state index in [-0.39, 0.29) is 22.6 Å². The molecule has 0 unspecified atom stereocenters. The van der Waals surface area contributed by atoms with Gasteiger partial charge in [-0.2, -0.15) is 4.39 Å². The van der Waals surface area contributed by atoms with Crippen molar-refractivity contribution in [3.8, 4) is 11.5 Å². The minimum Gasteiger partial charge on any atom is -0.508 e. The van der Waals surface area contributed by atoms with Crippen LogP contribution >= 0.6 is 0 Å². The van der Waals surface area contributed by atoms with Crippen LogP contribution in [-0.2, 0) is 17.6 Å². The number of aromatic hydroxyl groups is 1. The van der Waals surface area contributed by atoms with E-state index in [1.807, 2.05) is 0 Å². The third-order valence-electron chi connectivity index (χ3n) is 4.27. The maximum absolute atomic E-state index is 13.6. The van der Waals surface area contributed by atoms with Crippen LogP contribution in [0.1, 0.15) is 34.0 Å². The predicted molar refractivity (Wildman–Crippen MR) is 94.2 cm³/mol. The number of ether oxygens (including phenoxy) is 1. The smallest absolute Gasteiger partial charge is 0.275 e. The molecule has 2 amide bonds. The van der Waals surface area contributed by atoms with Gasteiger partial charge >= 0.3 is 0 Å². The molecule has 0 spiro atoms. The zero-order valence-corrected chi connectivity index (χ0v) is 15.2. The third-order valence-corrected chi connectivity index (χ3v) is 4.27. The van der Waals surface area contributed by atoms with Crippen molar-refractivity contribution in [1.29, 1.82) is 0 Å². The Bertz CT molecular complexity index is 900. The van der Waals surface area contributed by atoms with Crippen LogP contribution in [0, 0.1) is 18.6 Å². The summed E-state index contributed by atoms with van der Waals surface area (Å²) in [6.07, 6.45) is 0.0258. The number of carbonyl (C=O) groups excluding carboxylic acids is 2. The van der Waals surface area contributed by atoms with Crippen molar-refractivity contribution in [2.45, 2.75) is 26.7 Å². The molecule has 2 rings (SSSR count). The van der Waals surface area contributed by atoms with Gasteiger partial charge in [-0.15, -0.1) is 0 Å². The average Bonchev–Trinajstić information content (AvgIpc) is 2.65. The van der Waals surface area contributed by atoms with Gasteiger partial charge in [0.15, 0.2) is 11.6 Å². The quantitative estimate of drug-likeness (QED) is 0.474. The van der Waals surface area contributed by atoms with Crippen molar-refractivity contribution in [3.05, 3.63) is 58.2 Å². The molecule has 0 bridgehead atoms. The Hall–Kier alpha value is -3.00. The van der Waals surface area contributed by atoms with Crippen LogP contribution in [0.5, 0.6) is 11.5 Å². The lowest BCUT2D eigenvalue weighted by Gasteiger charge is -2.18. The van der Waals surface area contributed by atoms with Crippen LogP contribution in [0.4, 0.5) is 8.78 Å². The number of phenolic OH excluding ortho intramolecular Hbond substituents is 1. The molecule has 144 valence electrons.